The Labute approximate surface area is 150 Å². The minimum atomic E-state index is -4.99. The van der Waals surface area contributed by atoms with Gasteiger partial charge in [-0.1, -0.05) is 18.2 Å². The predicted molar refractivity (Wildman–Crippen MR) is 82.5 cm³/mol. The van der Waals surface area contributed by atoms with Gasteiger partial charge in [-0.2, -0.15) is 13.2 Å². The van der Waals surface area contributed by atoms with Crippen molar-refractivity contribution in [2.75, 3.05) is 13.1 Å². The highest BCUT2D eigenvalue weighted by Crippen LogP contribution is 2.34. The summed E-state index contributed by atoms with van der Waals surface area (Å²) in [4.78, 5) is 24.8. The number of hydrogen-bond acceptors (Lipinski definition) is 4. The molecule has 3 rings (SSSR count). The van der Waals surface area contributed by atoms with Gasteiger partial charge in [0.15, 0.2) is 11.4 Å². The molecule has 0 unspecified atom stereocenters. The van der Waals surface area contributed by atoms with Gasteiger partial charge in [0, 0.05) is 13.1 Å². The second-order valence-corrected chi connectivity index (χ2v) is 6.31. The molecule has 0 bridgehead atoms. The summed E-state index contributed by atoms with van der Waals surface area (Å²) in [6.45, 7) is 1.36. The number of carboxylic acids is 1. The van der Waals surface area contributed by atoms with Crippen LogP contribution < -0.4 is 0 Å². The van der Waals surface area contributed by atoms with Crippen LogP contribution in [0, 0.1) is 17.7 Å². The van der Waals surface area contributed by atoms with Crippen LogP contribution >= 0.6 is 0 Å². The summed E-state index contributed by atoms with van der Waals surface area (Å²) in [6.07, 6.45) is -4.99. The van der Waals surface area contributed by atoms with Crippen LogP contribution in [0.2, 0.25) is 0 Å². The molecule has 144 valence electrons. The van der Waals surface area contributed by atoms with Crippen LogP contribution in [0.3, 0.4) is 0 Å². The molecule has 27 heavy (non-hydrogen) atoms. The molecule has 7 nitrogen and oxygen atoms in total. The number of likely N-dealkylation sites (tertiary alicyclic amines) is 1. The molecule has 1 aromatic heterocycles. The molecule has 1 N–H and O–H groups in total. The molecule has 0 spiro atoms. The highest BCUT2D eigenvalue weighted by molar-refractivity contribution is 5.94. The third-order valence-electron chi connectivity index (χ3n) is 4.41. The molecule has 1 aliphatic rings. The Hall–Kier alpha value is -2.98. The average Bonchev–Trinajstić information content (AvgIpc) is 3.17. The Morgan fingerprint density at radius 3 is 2.52 bits per heavy atom. The molecule has 1 saturated heterocycles. The normalized spacial score (nSPS) is 20.1. The maximum atomic E-state index is 13.6. The number of aromatic nitrogens is 3. The summed E-state index contributed by atoms with van der Waals surface area (Å²) in [5.41, 5.74) is -2.64. The zero-order valence-corrected chi connectivity index (χ0v) is 13.9. The van der Waals surface area contributed by atoms with Gasteiger partial charge in [0.05, 0.1) is 11.6 Å². The lowest BCUT2D eigenvalue weighted by molar-refractivity contribution is -0.144. The Morgan fingerprint density at radius 2 is 1.96 bits per heavy atom. The van der Waals surface area contributed by atoms with Crippen LogP contribution in [-0.2, 0) is 11.0 Å². The van der Waals surface area contributed by atoms with E-state index in [0.29, 0.717) is 4.68 Å². The van der Waals surface area contributed by atoms with E-state index in [4.69, 9.17) is 5.11 Å². The maximum absolute atomic E-state index is 13.6. The van der Waals surface area contributed by atoms with Gasteiger partial charge in [0.1, 0.15) is 5.82 Å². The average molecular weight is 386 g/mol. The predicted octanol–water partition coefficient (Wildman–Crippen LogP) is 2.22. The summed E-state index contributed by atoms with van der Waals surface area (Å²) < 4.78 is 54.5. The van der Waals surface area contributed by atoms with E-state index in [1.807, 2.05) is 0 Å². The second kappa shape index (κ2) is 6.63. The van der Waals surface area contributed by atoms with E-state index >= 15 is 0 Å². The SMILES string of the molecule is C[C@@H]1CN(C(=O)c2nnn(-c3cccc(F)c3)c2C(F)(F)F)C[C@H]1C(=O)O. The third kappa shape index (κ3) is 3.49. The van der Waals surface area contributed by atoms with Crippen molar-refractivity contribution in [1.29, 1.82) is 0 Å². The number of alkyl halides is 3. The van der Waals surface area contributed by atoms with Gasteiger partial charge in [-0.3, -0.25) is 9.59 Å². The van der Waals surface area contributed by atoms with Crippen molar-refractivity contribution in [3.63, 3.8) is 0 Å². The highest BCUT2D eigenvalue weighted by atomic mass is 19.4. The summed E-state index contributed by atoms with van der Waals surface area (Å²) in [6, 6.07) is 4.28. The summed E-state index contributed by atoms with van der Waals surface area (Å²) in [7, 11) is 0. The standard InChI is InChI=1S/C16H14F4N4O3/c1-8-6-23(7-11(8)15(26)27)14(25)12-13(16(18,19)20)24(22-21-12)10-4-2-3-9(17)5-10/h2-5,8,11H,6-7H2,1H3,(H,26,27)/t8-,11-/m1/s1. The lowest BCUT2D eigenvalue weighted by Gasteiger charge is -2.16. The van der Waals surface area contributed by atoms with Crippen LogP contribution in [0.25, 0.3) is 5.69 Å². The topological polar surface area (TPSA) is 88.3 Å². The number of amides is 1. The Kier molecular flexibility index (Phi) is 4.62. The van der Waals surface area contributed by atoms with Gasteiger partial charge >= 0.3 is 12.1 Å². The smallest absolute Gasteiger partial charge is 0.435 e. The fourth-order valence-electron chi connectivity index (χ4n) is 3.07. The fourth-order valence-corrected chi connectivity index (χ4v) is 3.07. The van der Waals surface area contributed by atoms with E-state index in [0.717, 1.165) is 17.0 Å². The number of rotatable bonds is 3. The van der Waals surface area contributed by atoms with Gasteiger partial charge in [-0.05, 0) is 24.1 Å². The largest absolute Gasteiger partial charge is 0.481 e. The molecule has 1 amide bonds. The third-order valence-corrected chi connectivity index (χ3v) is 4.41. The molecule has 1 aliphatic heterocycles. The number of carboxylic acid groups (broad SMARTS) is 1. The number of hydrogen-bond donors (Lipinski definition) is 1. The number of halogens is 4. The molecule has 0 saturated carbocycles. The van der Waals surface area contributed by atoms with Crippen molar-refractivity contribution in [3.05, 3.63) is 41.5 Å². The van der Waals surface area contributed by atoms with Crippen LogP contribution in [0.15, 0.2) is 24.3 Å². The minimum Gasteiger partial charge on any atom is -0.481 e. The van der Waals surface area contributed by atoms with E-state index in [-0.39, 0.29) is 18.8 Å². The number of aliphatic carboxylic acids is 1. The van der Waals surface area contributed by atoms with Crippen molar-refractivity contribution in [1.82, 2.24) is 19.9 Å². The molecule has 0 radical (unpaired) electrons. The first-order chi connectivity index (χ1) is 12.6. The monoisotopic (exact) mass is 386 g/mol. The van der Waals surface area contributed by atoms with Crippen LogP contribution in [0.5, 0.6) is 0 Å². The van der Waals surface area contributed by atoms with Gasteiger partial charge in [0.2, 0.25) is 0 Å². The molecule has 2 heterocycles. The molecule has 2 aromatic rings. The Balaban J connectivity index is 2.02. The fraction of sp³-hybridized carbons (Fsp3) is 0.375. The van der Waals surface area contributed by atoms with Crippen molar-refractivity contribution in [2.45, 2.75) is 13.1 Å². The maximum Gasteiger partial charge on any atom is 0.435 e. The van der Waals surface area contributed by atoms with Crippen molar-refractivity contribution in [3.8, 4) is 5.69 Å². The zero-order valence-electron chi connectivity index (χ0n) is 13.9. The van der Waals surface area contributed by atoms with Gasteiger partial charge in [-0.25, -0.2) is 9.07 Å². The number of benzene rings is 1. The Bertz CT molecular complexity index is 896. The van der Waals surface area contributed by atoms with Crippen LogP contribution in [0.4, 0.5) is 17.6 Å². The van der Waals surface area contributed by atoms with E-state index in [9.17, 15) is 27.2 Å². The van der Waals surface area contributed by atoms with Gasteiger partial charge in [-0.15, -0.1) is 5.10 Å². The van der Waals surface area contributed by atoms with E-state index in [2.05, 4.69) is 10.3 Å². The Morgan fingerprint density at radius 1 is 1.26 bits per heavy atom. The molecule has 1 fully saturated rings. The molecule has 1 aromatic carbocycles. The van der Waals surface area contributed by atoms with E-state index in [1.165, 1.54) is 12.1 Å². The summed E-state index contributed by atoms with van der Waals surface area (Å²) in [5.74, 6) is -4.26. The minimum absolute atomic E-state index is 0.0140. The number of nitrogens with zero attached hydrogens (tertiary/aromatic N) is 4. The van der Waals surface area contributed by atoms with Crippen molar-refractivity contribution >= 4 is 11.9 Å². The summed E-state index contributed by atoms with van der Waals surface area (Å²) in [5, 5.41) is 15.9. The lowest BCUT2D eigenvalue weighted by Crippen LogP contribution is -2.32. The van der Waals surface area contributed by atoms with Gasteiger partial charge in [0.25, 0.3) is 5.91 Å². The lowest BCUT2D eigenvalue weighted by atomic mass is 9.99. The van der Waals surface area contributed by atoms with E-state index in [1.54, 1.807) is 6.92 Å². The van der Waals surface area contributed by atoms with Crippen LogP contribution in [0.1, 0.15) is 23.1 Å². The second-order valence-electron chi connectivity index (χ2n) is 6.31. The number of carbonyl (C=O) groups is 2. The zero-order chi connectivity index (χ0) is 19.9. The molecule has 11 heteroatoms. The van der Waals surface area contributed by atoms with Crippen molar-refractivity contribution in [2.24, 2.45) is 11.8 Å². The first-order valence-electron chi connectivity index (χ1n) is 7.90. The van der Waals surface area contributed by atoms with E-state index < -0.39 is 47.1 Å². The quantitative estimate of drug-likeness (QED) is 0.818. The molecular weight excluding hydrogens is 372 g/mol. The first-order valence-corrected chi connectivity index (χ1v) is 7.90. The first kappa shape index (κ1) is 18.8. The molecule has 2 atom stereocenters. The van der Waals surface area contributed by atoms with Crippen molar-refractivity contribution < 1.29 is 32.3 Å². The number of carbonyl (C=O) groups excluding carboxylic acids is 1. The summed E-state index contributed by atoms with van der Waals surface area (Å²) >= 11 is 0. The van der Waals surface area contributed by atoms with Crippen LogP contribution in [-0.4, -0.2) is 50.0 Å². The van der Waals surface area contributed by atoms with Gasteiger partial charge < -0.3 is 10.0 Å². The molecular formula is C16H14F4N4O3. The highest BCUT2D eigenvalue weighted by Gasteiger charge is 2.45. The molecule has 0 aliphatic carbocycles.